The molecular weight excluding hydrogens is 312 g/mol. The van der Waals surface area contributed by atoms with Crippen LogP contribution in [0.4, 0.5) is 0 Å². The van der Waals surface area contributed by atoms with E-state index < -0.39 is 0 Å². The van der Waals surface area contributed by atoms with Gasteiger partial charge in [0, 0.05) is 22.5 Å². The summed E-state index contributed by atoms with van der Waals surface area (Å²) < 4.78 is 0.825. The Morgan fingerprint density at radius 2 is 2.11 bits per heavy atom. The molecule has 0 unspecified atom stereocenters. The van der Waals surface area contributed by atoms with Crippen LogP contribution in [0.1, 0.15) is 23.2 Å². The molecule has 0 saturated carbocycles. The van der Waals surface area contributed by atoms with E-state index >= 15 is 0 Å². The fourth-order valence-electron chi connectivity index (χ4n) is 2.23. The van der Waals surface area contributed by atoms with E-state index in [0.29, 0.717) is 11.6 Å². The van der Waals surface area contributed by atoms with Gasteiger partial charge in [0.05, 0.1) is 5.56 Å². The first-order chi connectivity index (χ1) is 8.59. The van der Waals surface area contributed by atoms with Crippen molar-refractivity contribution in [3.05, 3.63) is 28.2 Å². The van der Waals surface area contributed by atoms with Gasteiger partial charge in [-0.05, 0) is 60.1 Å². The fraction of sp³-hybridized carbons (Fsp3) is 0.462. The van der Waals surface area contributed by atoms with Crippen molar-refractivity contribution in [3.63, 3.8) is 0 Å². The molecule has 0 bridgehead atoms. The van der Waals surface area contributed by atoms with Crippen LogP contribution in [0.3, 0.4) is 0 Å². The normalized spacial score (nSPS) is 16.6. The highest BCUT2D eigenvalue weighted by Crippen LogP contribution is 2.23. The number of thiol groups is 1. The van der Waals surface area contributed by atoms with Crippen molar-refractivity contribution in [2.24, 2.45) is 0 Å². The molecule has 5 heteroatoms. The van der Waals surface area contributed by atoms with Crippen LogP contribution in [0.2, 0.25) is 0 Å². The molecule has 0 atom stereocenters. The minimum atomic E-state index is 0.0599. The number of amides is 1. The molecule has 1 fully saturated rings. The number of benzene rings is 1. The molecule has 0 radical (unpaired) electrons. The molecule has 0 aromatic heterocycles. The smallest absolute Gasteiger partial charge is 0.255 e. The first kappa shape index (κ1) is 13.9. The van der Waals surface area contributed by atoms with E-state index in [-0.39, 0.29) is 5.91 Å². The van der Waals surface area contributed by atoms with Crippen LogP contribution in [0.25, 0.3) is 0 Å². The second-order valence-corrected chi connectivity index (χ2v) is 5.93. The summed E-state index contributed by atoms with van der Waals surface area (Å²) in [6, 6.07) is 5.88. The fourth-order valence-corrected chi connectivity index (χ4v) is 2.85. The molecule has 1 amide bonds. The van der Waals surface area contributed by atoms with Crippen molar-refractivity contribution < 1.29 is 4.79 Å². The van der Waals surface area contributed by atoms with E-state index in [2.05, 4.69) is 33.9 Å². The number of carbonyl (C=O) groups excluding carboxylic acids is 1. The summed E-state index contributed by atoms with van der Waals surface area (Å²) in [4.78, 5) is 15.1. The largest absolute Gasteiger partial charge is 0.339 e. The maximum Gasteiger partial charge on any atom is 0.255 e. The van der Waals surface area contributed by atoms with Crippen molar-refractivity contribution in [3.8, 4) is 0 Å². The van der Waals surface area contributed by atoms with E-state index in [1.165, 1.54) is 0 Å². The highest BCUT2D eigenvalue weighted by Gasteiger charge is 2.24. The van der Waals surface area contributed by atoms with Crippen LogP contribution in [0, 0.1) is 0 Å². The highest BCUT2D eigenvalue weighted by atomic mass is 79.9. The third kappa shape index (κ3) is 3.08. The summed E-state index contributed by atoms with van der Waals surface area (Å²) in [5, 5.41) is 3.31. The summed E-state index contributed by atoms with van der Waals surface area (Å²) in [7, 11) is 1.88. The number of nitrogens with one attached hydrogen (secondary N) is 1. The number of carbonyl (C=O) groups is 1. The molecule has 1 aromatic rings. The summed E-state index contributed by atoms with van der Waals surface area (Å²) in [6.45, 7) is 1.96. The third-order valence-corrected chi connectivity index (χ3v) is 4.33. The third-order valence-electron chi connectivity index (χ3n) is 3.36. The van der Waals surface area contributed by atoms with Crippen LogP contribution in [-0.4, -0.2) is 37.0 Å². The maximum absolute atomic E-state index is 12.5. The quantitative estimate of drug-likeness (QED) is 0.818. The summed E-state index contributed by atoms with van der Waals surface area (Å²) in [5.74, 6) is 0.0599. The van der Waals surface area contributed by atoms with E-state index in [9.17, 15) is 4.79 Å². The zero-order valence-corrected chi connectivity index (χ0v) is 12.8. The van der Waals surface area contributed by atoms with Gasteiger partial charge in [0.25, 0.3) is 5.91 Å². The van der Waals surface area contributed by atoms with Crippen LogP contribution in [-0.2, 0) is 0 Å². The van der Waals surface area contributed by atoms with Crippen LogP contribution < -0.4 is 5.32 Å². The standard InChI is InChI=1S/C13H17BrN2OS/c1-16(9-4-6-15-7-5-9)13(17)11-8-10(18)2-3-12(11)14/h2-3,8-9,15,18H,4-7H2,1H3. The van der Waals surface area contributed by atoms with Crippen LogP contribution in [0.15, 0.2) is 27.6 Å². The molecule has 18 heavy (non-hydrogen) atoms. The predicted octanol–water partition coefficient (Wildman–Crippen LogP) is 2.56. The zero-order chi connectivity index (χ0) is 13.1. The average molecular weight is 329 g/mol. The lowest BCUT2D eigenvalue weighted by atomic mass is 10.0. The van der Waals surface area contributed by atoms with Crippen molar-refractivity contribution in [1.29, 1.82) is 0 Å². The van der Waals surface area contributed by atoms with Gasteiger partial charge in [-0.3, -0.25) is 4.79 Å². The molecule has 1 aliphatic rings. The van der Waals surface area contributed by atoms with Gasteiger partial charge in [0.15, 0.2) is 0 Å². The van der Waals surface area contributed by atoms with Crippen LogP contribution in [0.5, 0.6) is 0 Å². The molecule has 0 aliphatic carbocycles. The maximum atomic E-state index is 12.5. The molecule has 1 saturated heterocycles. The van der Waals surface area contributed by atoms with E-state index in [0.717, 1.165) is 35.3 Å². The van der Waals surface area contributed by atoms with Crippen molar-refractivity contribution >= 4 is 34.5 Å². The average Bonchev–Trinajstić information content (AvgIpc) is 2.41. The Labute approximate surface area is 121 Å². The number of hydrogen-bond acceptors (Lipinski definition) is 3. The molecule has 0 spiro atoms. The number of nitrogens with zero attached hydrogens (tertiary/aromatic N) is 1. The number of piperidine rings is 1. The molecule has 2 rings (SSSR count). The van der Waals surface area contributed by atoms with Crippen molar-refractivity contribution in [1.82, 2.24) is 10.2 Å². The molecule has 1 aromatic carbocycles. The Bertz CT molecular complexity index is 447. The van der Waals surface area contributed by atoms with Crippen molar-refractivity contribution in [2.75, 3.05) is 20.1 Å². The molecule has 1 N–H and O–H groups in total. The summed E-state index contributed by atoms with van der Waals surface area (Å²) >= 11 is 7.72. The molecule has 1 heterocycles. The number of hydrogen-bond donors (Lipinski definition) is 2. The van der Waals surface area contributed by atoms with E-state index in [1.54, 1.807) is 0 Å². The lowest BCUT2D eigenvalue weighted by Crippen LogP contribution is -2.44. The first-order valence-corrected chi connectivity index (χ1v) is 7.30. The second-order valence-electron chi connectivity index (χ2n) is 4.56. The molecule has 98 valence electrons. The molecule has 1 aliphatic heterocycles. The van der Waals surface area contributed by atoms with E-state index in [4.69, 9.17) is 0 Å². The SMILES string of the molecule is CN(C(=O)c1cc(S)ccc1Br)C1CCNCC1. The lowest BCUT2D eigenvalue weighted by molar-refractivity contribution is 0.0702. The van der Waals surface area contributed by atoms with Gasteiger partial charge < -0.3 is 10.2 Å². The van der Waals surface area contributed by atoms with Crippen LogP contribution >= 0.6 is 28.6 Å². The highest BCUT2D eigenvalue weighted by molar-refractivity contribution is 9.10. The van der Waals surface area contributed by atoms with E-state index in [1.807, 2.05) is 30.1 Å². The summed E-state index contributed by atoms with van der Waals surface area (Å²) in [5.41, 5.74) is 0.684. The van der Waals surface area contributed by atoms with Gasteiger partial charge >= 0.3 is 0 Å². The summed E-state index contributed by atoms with van der Waals surface area (Å²) in [6.07, 6.45) is 2.03. The Kier molecular flexibility index (Phi) is 4.70. The first-order valence-electron chi connectivity index (χ1n) is 6.06. The zero-order valence-electron chi connectivity index (χ0n) is 10.3. The van der Waals surface area contributed by atoms with Gasteiger partial charge in [0.2, 0.25) is 0 Å². The molecule has 3 nitrogen and oxygen atoms in total. The topological polar surface area (TPSA) is 32.3 Å². The van der Waals surface area contributed by atoms with Gasteiger partial charge in [-0.25, -0.2) is 0 Å². The Morgan fingerprint density at radius 1 is 1.44 bits per heavy atom. The number of halogens is 1. The predicted molar refractivity (Wildman–Crippen MR) is 79.4 cm³/mol. The lowest BCUT2D eigenvalue weighted by Gasteiger charge is -2.32. The van der Waals surface area contributed by atoms with Crippen molar-refractivity contribution in [2.45, 2.75) is 23.8 Å². The minimum absolute atomic E-state index is 0.0599. The van der Waals surface area contributed by atoms with Gasteiger partial charge in [-0.15, -0.1) is 12.6 Å². The Hall–Kier alpha value is -0.520. The van der Waals surface area contributed by atoms with Gasteiger partial charge in [0.1, 0.15) is 0 Å². The Balaban J connectivity index is 2.16. The minimum Gasteiger partial charge on any atom is -0.339 e. The number of rotatable bonds is 2. The van der Waals surface area contributed by atoms with Gasteiger partial charge in [-0.2, -0.15) is 0 Å². The molecular formula is C13H17BrN2OS. The second kappa shape index (κ2) is 6.08. The monoisotopic (exact) mass is 328 g/mol. The van der Waals surface area contributed by atoms with Gasteiger partial charge in [-0.1, -0.05) is 0 Å². The Morgan fingerprint density at radius 3 is 2.78 bits per heavy atom.